The molecule has 1 aromatic carbocycles. The lowest BCUT2D eigenvalue weighted by Crippen LogP contribution is -2.10. The van der Waals surface area contributed by atoms with E-state index in [1.54, 1.807) is 0 Å². The van der Waals surface area contributed by atoms with Crippen molar-refractivity contribution in [2.75, 3.05) is 14.2 Å². The Morgan fingerprint density at radius 1 is 1.39 bits per heavy atom. The van der Waals surface area contributed by atoms with Crippen LogP contribution in [0, 0.1) is 0 Å². The number of carboxylic acid groups (broad SMARTS) is 1. The van der Waals surface area contributed by atoms with Gasteiger partial charge in [-0.25, -0.2) is 0 Å². The standard InChI is InChI=1S/C12H13ClO5/c1-6(12(15)16)7-4-9(13)8(5-14)11(18-3)10(7)17-2/h4-6H,1-3H3,(H,15,16). The van der Waals surface area contributed by atoms with Crippen molar-refractivity contribution in [3.05, 3.63) is 22.2 Å². The van der Waals surface area contributed by atoms with Gasteiger partial charge in [-0.05, 0) is 13.0 Å². The minimum Gasteiger partial charge on any atom is -0.493 e. The van der Waals surface area contributed by atoms with E-state index in [2.05, 4.69) is 0 Å². The summed E-state index contributed by atoms with van der Waals surface area (Å²) >= 11 is 5.93. The Labute approximate surface area is 109 Å². The third-order valence-corrected chi connectivity index (χ3v) is 2.93. The molecule has 0 heterocycles. The summed E-state index contributed by atoms with van der Waals surface area (Å²) in [6.45, 7) is 1.50. The van der Waals surface area contributed by atoms with Crippen molar-refractivity contribution in [1.82, 2.24) is 0 Å². The number of hydrogen-bond acceptors (Lipinski definition) is 4. The van der Waals surface area contributed by atoms with Gasteiger partial charge in [-0.1, -0.05) is 11.6 Å². The predicted molar refractivity (Wildman–Crippen MR) is 66.0 cm³/mol. The van der Waals surface area contributed by atoms with E-state index in [0.29, 0.717) is 11.8 Å². The van der Waals surface area contributed by atoms with Crippen LogP contribution in [0.1, 0.15) is 28.8 Å². The van der Waals surface area contributed by atoms with Gasteiger partial charge in [-0.3, -0.25) is 9.59 Å². The summed E-state index contributed by atoms with van der Waals surface area (Å²) in [5.74, 6) is -1.50. The van der Waals surface area contributed by atoms with Crippen LogP contribution in [-0.4, -0.2) is 31.6 Å². The normalized spacial score (nSPS) is 11.8. The van der Waals surface area contributed by atoms with Crippen molar-refractivity contribution in [2.24, 2.45) is 0 Å². The zero-order valence-electron chi connectivity index (χ0n) is 10.2. The van der Waals surface area contributed by atoms with Gasteiger partial charge in [-0.2, -0.15) is 0 Å². The number of halogens is 1. The van der Waals surface area contributed by atoms with Crippen molar-refractivity contribution in [2.45, 2.75) is 12.8 Å². The van der Waals surface area contributed by atoms with Gasteiger partial charge in [0.15, 0.2) is 17.8 Å². The second-order valence-corrected chi connectivity index (χ2v) is 4.01. The summed E-state index contributed by atoms with van der Waals surface area (Å²) in [6.07, 6.45) is 0.541. The molecular formula is C12H13ClO5. The van der Waals surface area contributed by atoms with E-state index < -0.39 is 11.9 Å². The van der Waals surface area contributed by atoms with E-state index in [9.17, 15) is 9.59 Å². The number of rotatable bonds is 5. The molecule has 0 aromatic heterocycles. The average molecular weight is 273 g/mol. The summed E-state index contributed by atoms with van der Waals surface area (Å²) < 4.78 is 10.2. The maximum absolute atomic E-state index is 11.0. The predicted octanol–water partition coefficient (Wildman–Crippen LogP) is 2.36. The van der Waals surface area contributed by atoms with Crippen molar-refractivity contribution in [1.29, 1.82) is 0 Å². The van der Waals surface area contributed by atoms with Gasteiger partial charge in [0.1, 0.15) is 0 Å². The van der Waals surface area contributed by atoms with Crippen molar-refractivity contribution in [3.8, 4) is 11.5 Å². The van der Waals surface area contributed by atoms with Crippen LogP contribution in [0.4, 0.5) is 0 Å². The number of hydrogen-bond donors (Lipinski definition) is 1. The first-order valence-electron chi connectivity index (χ1n) is 5.10. The highest BCUT2D eigenvalue weighted by molar-refractivity contribution is 6.33. The van der Waals surface area contributed by atoms with Gasteiger partial charge < -0.3 is 14.6 Å². The molecular weight excluding hydrogens is 260 g/mol. The quantitative estimate of drug-likeness (QED) is 0.833. The van der Waals surface area contributed by atoms with Crippen molar-refractivity contribution < 1.29 is 24.2 Å². The summed E-state index contributed by atoms with van der Waals surface area (Å²) in [5.41, 5.74) is 0.495. The monoisotopic (exact) mass is 272 g/mol. The lowest BCUT2D eigenvalue weighted by atomic mass is 9.98. The van der Waals surface area contributed by atoms with Gasteiger partial charge >= 0.3 is 5.97 Å². The third-order valence-electron chi connectivity index (χ3n) is 2.62. The molecule has 0 amide bonds. The number of methoxy groups -OCH3 is 2. The molecule has 1 atom stereocenters. The van der Waals surface area contributed by atoms with E-state index in [-0.39, 0.29) is 22.1 Å². The first kappa shape index (κ1) is 14.3. The van der Waals surface area contributed by atoms with Crippen LogP contribution >= 0.6 is 11.6 Å². The van der Waals surface area contributed by atoms with Crippen LogP contribution in [0.15, 0.2) is 6.07 Å². The highest BCUT2D eigenvalue weighted by Crippen LogP contribution is 2.41. The fourth-order valence-electron chi connectivity index (χ4n) is 1.62. The molecule has 0 radical (unpaired) electrons. The lowest BCUT2D eigenvalue weighted by molar-refractivity contribution is -0.138. The van der Waals surface area contributed by atoms with Gasteiger partial charge in [0.05, 0.1) is 30.7 Å². The van der Waals surface area contributed by atoms with E-state index in [0.717, 1.165) is 0 Å². The van der Waals surface area contributed by atoms with Crippen LogP contribution in [0.5, 0.6) is 11.5 Å². The van der Waals surface area contributed by atoms with Crippen LogP contribution in [0.3, 0.4) is 0 Å². The van der Waals surface area contributed by atoms with Gasteiger partial charge in [0.25, 0.3) is 0 Å². The molecule has 98 valence electrons. The van der Waals surface area contributed by atoms with Gasteiger partial charge in [-0.15, -0.1) is 0 Å². The molecule has 0 bridgehead atoms. The Bertz CT molecular complexity index is 484. The molecule has 0 spiro atoms. The van der Waals surface area contributed by atoms with Crippen LogP contribution in [0.2, 0.25) is 5.02 Å². The van der Waals surface area contributed by atoms with E-state index >= 15 is 0 Å². The Balaban J connectivity index is 3.58. The van der Waals surface area contributed by atoms with Gasteiger partial charge in [0, 0.05) is 5.56 Å². The number of carbonyl (C=O) groups excluding carboxylic acids is 1. The molecule has 0 fully saturated rings. The first-order chi connectivity index (χ1) is 8.47. The molecule has 1 rings (SSSR count). The average Bonchev–Trinajstić information content (AvgIpc) is 2.35. The zero-order valence-corrected chi connectivity index (χ0v) is 10.9. The SMILES string of the molecule is COc1c(C(C)C(=O)O)cc(Cl)c(C=O)c1OC. The Hall–Kier alpha value is -1.75. The van der Waals surface area contributed by atoms with E-state index in [1.807, 2.05) is 0 Å². The molecule has 0 saturated carbocycles. The zero-order chi connectivity index (χ0) is 13.9. The fourth-order valence-corrected chi connectivity index (χ4v) is 1.87. The maximum atomic E-state index is 11.0. The molecule has 18 heavy (non-hydrogen) atoms. The first-order valence-corrected chi connectivity index (χ1v) is 5.48. The molecule has 1 N–H and O–H groups in total. The Kier molecular flexibility index (Phi) is 4.55. The van der Waals surface area contributed by atoms with Gasteiger partial charge in [0.2, 0.25) is 0 Å². The second-order valence-electron chi connectivity index (χ2n) is 3.61. The van der Waals surface area contributed by atoms with Crippen molar-refractivity contribution >= 4 is 23.9 Å². The molecule has 1 unspecified atom stereocenters. The molecule has 6 heteroatoms. The van der Waals surface area contributed by atoms with Crippen LogP contribution < -0.4 is 9.47 Å². The summed E-state index contributed by atoms with van der Waals surface area (Å²) in [5, 5.41) is 9.16. The van der Waals surface area contributed by atoms with Crippen LogP contribution in [0.25, 0.3) is 0 Å². The third kappa shape index (κ3) is 2.41. The number of carbonyl (C=O) groups is 2. The second kappa shape index (κ2) is 5.73. The molecule has 1 aromatic rings. The summed E-state index contributed by atoms with van der Waals surface area (Å²) in [6, 6.07) is 1.41. The number of ether oxygens (including phenoxy) is 2. The van der Waals surface area contributed by atoms with Crippen LogP contribution in [-0.2, 0) is 4.79 Å². The molecule has 0 saturated heterocycles. The molecule has 5 nitrogen and oxygen atoms in total. The topological polar surface area (TPSA) is 72.8 Å². The highest BCUT2D eigenvalue weighted by atomic mass is 35.5. The maximum Gasteiger partial charge on any atom is 0.310 e. The molecule has 0 aliphatic rings. The number of aldehydes is 1. The minimum atomic E-state index is -1.02. The Morgan fingerprint density at radius 2 is 1.94 bits per heavy atom. The highest BCUT2D eigenvalue weighted by Gasteiger charge is 2.25. The van der Waals surface area contributed by atoms with Crippen molar-refractivity contribution in [3.63, 3.8) is 0 Å². The number of carboxylic acids is 1. The number of benzene rings is 1. The van der Waals surface area contributed by atoms with E-state index in [1.165, 1.54) is 27.2 Å². The summed E-state index contributed by atoms with van der Waals surface area (Å²) in [4.78, 5) is 22.0. The molecule has 0 aliphatic carbocycles. The number of aliphatic carboxylic acids is 1. The smallest absolute Gasteiger partial charge is 0.310 e. The van der Waals surface area contributed by atoms with E-state index in [4.69, 9.17) is 26.2 Å². The minimum absolute atomic E-state index is 0.130. The largest absolute Gasteiger partial charge is 0.493 e. The molecule has 0 aliphatic heterocycles. The fraction of sp³-hybridized carbons (Fsp3) is 0.333. The lowest BCUT2D eigenvalue weighted by Gasteiger charge is -2.17. The summed E-state index contributed by atoms with van der Waals surface area (Å²) in [7, 11) is 2.73. The Morgan fingerprint density at radius 3 is 2.33 bits per heavy atom.